The number of fused-ring (bicyclic) bond motifs is 1. The first-order valence-corrected chi connectivity index (χ1v) is 5.90. The first-order chi connectivity index (χ1) is 6.84. The van der Waals surface area contributed by atoms with E-state index in [1.807, 2.05) is 0 Å². The van der Waals surface area contributed by atoms with Crippen LogP contribution in [0, 0.1) is 0 Å². The minimum absolute atomic E-state index is 0.645. The molecule has 1 saturated carbocycles. The van der Waals surface area contributed by atoms with E-state index in [0.29, 0.717) is 5.92 Å². The monoisotopic (exact) mass is 253 g/mol. The zero-order valence-corrected chi connectivity index (χ0v) is 9.47. The topological polar surface area (TPSA) is 37.8 Å². The Morgan fingerprint density at radius 3 is 2.93 bits per heavy atom. The minimum atomic E-state index is 0.645. The Labute approximate surface area is 91.5 Å². The van der Waals surface area contributed by atoms with Crippen LogP contribution in [0.5, 0.6) is 0 Å². The predicted molar refractivity (Wildman–Crippen MR) is 57.1 cm³/mol. The van der Waals surface area contributed by atoms with Crippen molar-refractivity contribution >= 4 is 15.9 Å². The molecule has 0 saturated heterocycles. The summed E-state index contributed by atoms with van der Waals surface area (Å²) in [7, 11) is 0. The standard InChI is InChI=1S/C10H12BrN3/c11-9-7-5-12-4-3-8(7)13-10(14-9)6-1-2-6/h6,12H,1-5H2. The normalized spacial score (nSPS) is 20.6. The predicted octanol–water partition coefficient (Wildman–Crippen LogP) is 1.76. The van der Waals surface area contributed by atoms with Crippen molar-refractivity contribution in [2.45, 2.75) is 31.7 Å². The Morgan fingerprint density at radius 1 is 1.29 bits per heavy atom. The van der Waals surface area contributed by atoms with Gasteiger partial charge < -0.3 is 5.32 Å². The molecule has 4 heteroatoms. The van der Waals surface area contributed by atoms with Crippen molar-refractivity contribution in [3.8, 4) is 0 Å². The molecule has 3 nitrogen and oxygen atoms in total. The van der Waals surface area contributed by atoms with Gasteiger partial charge in [-0.1, -0.05) is 0 Å². The van der Waals surface area contributed by atoms with Gasteiger partial charge in [0.1, 0.15) is 10.4 Å². The lowest BCUT2D eigenvalue weighted by Gasteiger charge is -2.17. The molecule has 2 heterocycles. The van der Waals surface area contributed by atoms with Crippen LogP contribution in [0.25, 0.3) is 0 Å². The molecule has 1 aliphatic carbocycles. The van der Waals surface area contributed by atoms with Crippen LogP contribution in [0.3, 0.4) is 0 Å². The summed E-state index contributed by atoms with van der Waals surface area (Å²) < 4.78 is 0.997. The van der Waals surface area contributed by atoms with Crippen LogP contribution in [-0.2, 0) is 13.0 Å². The largest absolute Gasteiger partial charge is 0.312 e. The van der Waals surface area contributed by atoms with Crippen LogP contribution in [0.2, 0.25) is 0 Å². The Hall–Kier alpha value is -0.480. The molecule has 0 radical (unpaired) electrons. The molecule has 1 aromatic heterocycles. The first-order valence-electron chi connectivity index (χ1n) is 5.10. The molecule has 0 unspecified atom stereocenters. The molecule has 0 atom stereocenters. The maximum Gasteiger partial charge on any atom is 0.133 e. The van der Waals surface area contributed by atoms with Gasteiger partial charge in [-0.15, -0.1) is 0 Å². The van der Waals surface area contributed by atoms with Gasteiger partial charge in [0.05, 0.1) is 5.69 Å². The molecule has 2 aliphatic rings. The molecule has 74 valence electrons. The number of hydrogen-bond donors (Lipinski definition) is 1. The lowest BCUT2D eigenvalue weighted by molar-refractivity contribution is 0.616. The van der Waals surface area contributed by atoms with Crippen molar-refractivity contribution in [3.05, 3.63) is 21.7 Å². The highest BCUT2D eigenvalue weighted by Gasteiger charge is 2.28. The van der Waals surface area contributed by atoms with Gasteiger partial charge >= 0.3 is 0 Å². The van der Waals surface area contributed by atoms with Gasteiger partial charge in [-0.3, -0.25) is 0 Å². The second-order valence-corrected chi connectivity index (χ2v) is 4.75. The summed E-state index contributed by atoms with van der Waals surface area (Å²) >= 11 is 3.54. The van der Waals surface area contributed by atoms with E-state index in [2.05, 4.69) is 31.2 Å². The maximum absolute atomic E-state index is 4.66. The molecular formula is C10H12BrN3. The third kappa shape index (κ3) is 1.46. The highest BCUT2D eigenvalue weighted by molar-refractivity contribution is 9.10. The molecule has 1 aliphatic heterocycles. The van der Waals surface area contributed by atoms with Gasteiger partial charge in [0.15, 0.2) is 0 Å². The number of aromatic nitrogens is 2. The highest BCUT2D eigenvalue weighted by atomic mass is 79.9. The van der Waals surface area contributed by atoms with Crippen LogP contribution in [-0.4, -0.2) is 16.5 Å². The second kappa shape index (κ2) is 3.28. The van der Waals surface area contributed by atoms with Gasteiger partial charge in [-0.25, -0.2) is 9.97 Å². The lowest BCUT2D eigenvalue weighted by Crippen LogP contribution is -2.26. The zero-order valence-electron chi connectivity index (χ0n) is 7.89. The fraction of sp³-hybridized carbons (Fsp3) is 0.600. The Kier molecular flexibility index (Phi) is 2.06. The maximum atomic E-state index is 4.66. The molecule has 14 heavy (non-hydrogen) atoms. The van der Waals surface area contributed by atoms with Crippen molar-refractivity contribution in [3.63, 3.8) is 0 Å². The molecule has 0 bridgehead atoms. The molecule has 0 spiro atoms. The van der Waals surface area contributed by atoms with Gasteiger partial charge in [-0.2, -0.15) is 0 Å². The summed E-state index contributed by atoms with van der Waals surface area (Å²) in [5, 5.41) is 3.34. The van der Waals surface area contributed by atoms with E-state index in [1.54, 1.807) is 0 Å². The Bertz CT molecular complexity index is 374. The highest BCUT2D eigenvalue weighted by Crippen LogP contribution is 2.39. The number of halogens is 1. The van der Waals surface area contributed by atoms with E-state index < -0.39 is 0 Å². The smallest absolute Gasteiger partial charge is 0.133 e. The van der Waals surface area contributed by atoms with E-state index in [1.165, 1.54) is 24.1 Å². The molecule has 1 aromatic rings. The molecule has 1 fully saturated rings. The first kappa shape index (κ1) is 8.80. The third-order valence-corrected chi connectivity index (χ3v) is 3.50. The van der Waals surface area contributed by atoms with Gasteiger partial charge in [0.25, 0.3) is 0 Å². The average Bonchev–Trinajstić information content (AvgIpc) is 3.01. The summed E-state index contributed by atoms with van der Waals surface area (Å²) in [5.74, 6) is 1.70. The Morgan fingerprint density at radius 2 is 2.14 bits per heavy atom. The van der Waals surface area contributed by atoms with Crippen molar-refractivity contribution in [2.24, 2.45) is 0 Å². The quantitative estimate of drug-likeness (QED) is 0.776. The zero-order chi connectivity index (χ0) is 9.54. The summed E-state index contributed by atoms with van der Waals surface area (Å²) in [6.45, 7) is 1.95. The number of rotatable bonds is 1. The molecule has 0 amide bonds. The number of nitrogens with one attached hydrogen (secondary N) is 1. The van der Waals surface area contributed by atoms with E-state index in [-0.39, 0.29) is 0 Å². The van der Waals surface area contributed by atoms with E-state index >= 15 is 0 Å². The third-order valence-electron chi connectivity index (χ3n) is 2.84. The lowest BCUT2D eigenvalue weighted by atomic mass is 10.1. The Balaban J connectivity index is 2.06. The van der Waals surface area contributed by atoms with Crippen LogP contribution < -0.4 is 5.32 Å². The molecular weight excluding hydrogens is 242 g/mol. The van der Waals surface area contributed by atoms with E-state index in [0.717, 1.165) is 29.9 Å². The van der Waals surface area contributed by atoms with Gasteiger partial charge in [-0.05, 0) is 28.8 Å². The number of nitrogens with zero attached hydrogens (tertiary/aromatic N) is 2. The fourth-order valence-electron chi connectivity index (χ4n) is 1.84. The van der Waals surface area contributed by atoms with Crippen molar-refractivity contribution in [2.75, 3.05) is 6.54 Å². The minimum Gasteiger partial charge on any atom is -0.312 e. The second-order valence-electron chi connectivity index (χ2n) is 4.00. The van der Waals surface area contributed by atoms with Crippen LogP contribution in [0.4, 0.5) is 0 Å². The van der Waals surface area contributed by atoms with Crippen LogP contribution >= 0.6 is 15.9 Å². The van der Waals surface area contributed by atoms with Crippen molar-refractivity contribution < 1.29 is 0 Å². The SMILES string of the molecule is Brc1nc(C2CC2)nc2c1CNCC2. The summed E-state index contributed by atoms with van der Waals surface area (Å²) in [4.78, 5) is 9.17. The fourth-order valence-corrected chi connectivity index (χ4v) is 2.39. The van der Waals surface area contributed by atoms with Gasteiger partial charge in [0, 0.05) is 31.0 Å². The number of hydrogen-bond acceptors (Lipinski definition) is 3. The average molecular weight is 254 g/mol. The summed E-state index contributed by atoms with van der Waals surface area (Å²) in [5.41, 5.74) is 2.49. The van der Waals surface area contributed by atoms with Crippen molar-refractivity contribution in [1.82, 2.24) is 15.3 Å². The van der Waals surface area contributed by atoms with Crippen molar-refractivity contribution in [1.29, 1.82) is 0 Å². The van der Waals surface area contributed by atoms with E-state index in [4.69, 9.17) is 0 Å². The summed E-state index contributed by atoms with van der Waals surface area (Å²) in [6, 6.07) is 0. The molecule has 3 rings (SSSR count). The van der Waals surface area contributed by atoms with Gasteiger partial charge in [0.2, 0.25) is 0 Å². The molecule has 0 aromatic carbocycles. The van der Waals surface area contributed by atoms with E-state index in [9.17, 15) is 0 Å². The van der Waals surface area contributed by atoms with Crippen LogP contribution in [0.1, 0.15) is 35.8 Å². The van der Waals surface area contributed by atoms with Crippen LogP contribution in [0.15, 0.2) is 4.60 Å². The molecule has 1 N–H and O–H groups in total. The summed E-state index contributed by atoms with van der Waals surface area (Å²) in [6.07, 6.45) is 3.57.